The van der Waals surface area contributed by atoms with Crippen LogP contribution in [0.5, 0.6) is 0 Å². The predicted octanol–water partition coefficient (Wildman–Crippen LogP) is 3.81. The van der Waals surface area contributed by atoms with Crippen molar-refractivity contribution in [3.05, 3.63) is 90.1 Å². The molecule has 0 amide bonds. The summed E-state index contributed by atoms with van der Waals surface area (Å²) in [5.74, 6) is 1.42. The first kappa shape index (κ1) is 21.2. The average molecular weight is 458 g/mol. The zero-order valence-corrected chi connectivity index (χ0v) is 18.8. The highest BCUT2D eigenvalue weighted by molar-refractivity contribution is 7.92. The number of benzene rings is 2. The van der Waals surface area contributed by atoms with Crippen LogP contribution in [-0.4, -0.2) is 53.9 Å². The lowest BCUT2D eigenvalue weighted by molar-refractivity contribution is 0.389. The third-order valence-corrected chi connectivity index (χ3v) is 7.20. The van der Waals surface area contributed by atoms with Gasteiger partial charge < -0.3 is 4.90 Å². The van der Waals surface area contributed by atoms with Crippen LogP contribution in [-0.2, 0) is 10.0 Å². The first-order valence-corrected chi connectivity index (χ1v) is 12.3. The molecule has 3 heterocycles. The topological polar surface area (TPSA) is 79.3 Å². The summed E-state index contributed by atoms with van der Waals surface area (Å²) in [5.41, 5.74) is 2.55. The van der Waals surface area contributed by atoms with Gasteiger partial charge in [-0.15, -0.1) is 0 Å². The average Bonchev–Trinajstić information content (AvgIpc) is 2.88. The molecule has 33 heavy (non-hydrogen) atoms. The van der Waals surface area contributed by atoms with Crippen molar-refractivity contribution in [2.75, 3.05) is 31.1 Å². The first-order chi connectivity index (χ1) is 16.1. The third-order valence-electron chi connectivity index (χ3n) is 5.63. The van der Waals surface area contributed by atoms with E-state index in [-0.39, 0.29) is 0 Å². The summed E-state index contributed by atoms with van der Waals surface area (Å²) >= 11 is 0. The number of piperazine rings is 1. The lowest BCUT2D eigenvalue weighted by Crippen LogP contribution is -2.48. The molecule has 0 radical (unpaired) electrons. The van der Waals surface area contributed by atoms with Crippen molar-refractivity contribution in [1.82, 2.24) is 19.3 Å². The third kappa shape index (κ3) is 4.62. The van der Waals surface area contributed by atoms with Gasteiger partial charge in [-0.1, -0.05) is 42.5 Å². The highest BCUT2D eigenvalue weighted by Crippen LogP contribution is 2.28. The number of fused-ring (bicyclic) bond motifs is 1. The predicted molar refractivity (Wildman–Crippen MR) is 131 cm³/mol. The summed E-state index contributed by atoms with van der Waals surface area (Å²) in [6, 6.07) is 21.1. The second-order valence-electron chi connectivity index (χ2n) is 7.77. The maximum Gasteiger partial charge on any atom is 0.236 e. The zero-order chi connectivity index (χ0) is 22.7. The molecule has 8 heteroatoms. The Bertz CT molecular complexity index is 1380. The monoisotopic (exact) mass is 457 g/mol. The molecule has 0 atom stereocenters. The van der Waals surface area contributed by atoms with Gasteiger partial charge in [0, 0.05) is 54.9 Å². The maximum atomic E-state index is 12.8. The number of anilines is 1. The fourth-order valence-electron chi connectivity index (χ4n) is 3.89. The minimum atomic E-state index is -3.50. The molecule has 2 aromatic carbocycles. The van der Waals surface area contributed by atoms with Crippen LogP contribution >= 0.6 is 0 Å². The van der Waals surface area contributed by atoms with Crippen LogP contribution in [0, 0.1) is 0 Å². The van der Waals surface area contributed by atoms with E-state index in [4.69, 9.17) is 9.97 Å². The van der Waals surface area contributed by atoms with E-state index in [1.54, 1.807) is 18.5 Å². The number of para-hydroxylation sites is 1. The summed E-state index contributed by atoms with van der Waals surface area (Å²) in [6.07, 6.45) is 5.11. The molecule has 5 rings (SSSR count). The molecule has 0 saturated carbocycles. The van der Waals surface area contributed by atoms with E-state index in [0.717, 1.165) is 27.8 Å². The molecule has 7 nitrogen and oxygen atoms in total. The molecule has 0 spiro atoms. The molecule has 2 aromatic heterocycles. The van der Waals surface area contributed by atoms with Gasteiger partial charge in [-0.05, 0) is 35.9 Å². The number of hydrogen-bond acceptors (Lipinski definition) is 6. The van der Waals surface area contributed by atoms with Gasteiger partial charge in [-0.25, -0.2) is 18.4 Å². The van der Waals surface area contributed by atoms with Gasteiger partial charge in [0.25, 0.3) is 0 Å². The number of rotatable bonds is 5. The molecular formula is C25H23N5O2S. The van der Waals surface area contributed by atoms with Crippen LogP contribution < -0.4 is 4.90 Å². The van der Waals surface area contributed by atoms with Crippen molar-refractivity contribution in [2.45, 2.75) is 0 Å². The van der Waals surface area contributed by atoms with E-state index in [2.05, 4.69) is 9.88 Å². The Hall–Kier alpha value is -3.62. The van der Waals surface area contributed by atoms with Crippen molar-refractivity contribution in [2.24, 2.45) is 0 Å². The normalized spacial score (nSPS) is 15.3. The highest BCUT2D eigenvalue weighted by Gasteiger charge is 2.27. The lowest BCUT2D eigenvalue weighted by atomic mass is 10.2. The van der Waals surface area contributed by atoms with E-state index in [1.165, 1.54) is 9.71 Å². The summed E-state index contributed by atoms with van der Waals surface area (Å²) in [5, 5.41) is 2.24. The molecule has 1 saturated heterocycles. The quantitative estimate of drug-likeness (QED) is 0.453. The Balaban J connectivity index is 1.39. The van der Waals surface area contributed by atoms with Crippen LogP contribution in [0.1, 0.15) is 5.56 Å². The molecule has 1 aliphatic rings. The smallest absolute Gasteiger partial charge is 0.236 e. The first-order valence-electron chi connectivity index (χ1n) is 10.8. The van der Waals surface area contributed by atoms with E-state index in [1.807, 2.05) is 66.7 Å². The van der Waals surface area contributed by atoms with Crippen molar-refractivity contribution >= 4 is 32.8 Å². The Morgan fingerprint density at radius 1 is 0.818 bits per heavy atom. The molecule has 0 N–H and O–H groups in total. The van der Waals surface area contributed by atoms with Gasteiger partial charge in [0.1, 0.15) is 5.82 Å². The number of pyridine rings is 1. The number of nitrogens with zero attached hydrogens (tertiary/aromatic N) is 5. The van der Waals surface area contributed by atoms with Gasteiger partial charge >= 0.3 is 0 Å². The molecule has 1 aliphatic heterocycles. The lowest BCUT2D eigenvalue weighted by Gasteiger charge is -2.34. The molecule has 0 unspecified atom stereocenters. The number of sulfonamides is 1. The Kier molecular flexibility index (Phi) is 5.85. The van der Waals surface area contributed by atoms with Gasteiger partial charge in [-0.3, -0.25) is 4.98 Å². The summed E-state index contributed by atoms with van der Waals surface area (Å²) in [4.78, 5) is 15.9. The Morgan fingerprint density at radius 3 is 2.33 bits per heavy atom. The number of hydrogen-bond donors (Lipinski definition) is 0. The van der Waals surface area contributed by atoms with Crippen LogP contribution in [0.25, 0.3) is 28.4 Å². The second-order valence-corrected chi connectivity index (χ2v) is 9.59. The van der Waals surface area contributed by atoms with Gasteiger partial charge in [0.15, 0.2) is 5.82 Å². The van der Waals surface area contributed by atoms with Crippen molar-refractivity contribution < 1.29 is 8.42 Å². The fraction of sp³-hybridized carbons (Fsp3) is 0.160. The van der Waals surface area contributed by atoms with Crippen LogP contribution in [0.3, 0.4) is 0 Å². The van der Waals surface area contributed by atoms with E-state index in [9.17, 15) is 8.42 Å². The summed E-state index contributed by atoms with van der Waals surface area (Å²) in [7, 11) is -3.50. The molecule has 0 aliphatic carbocycles. The molecular weight excluding hydrogens is 434 g/mol. The van der Waals surface area contributed by atoms with Crippen LogP contribution in [0.15, 0.2) is 84.5 Å². The SMILES string of the molecule is O=S(=O)(/C=C/c1ccccc1)N1CCN(c2nc(-c3cccnc3)nc3ccccc23)CC1. The summed E-state index contributed by atoms with van der Waals surface area (Å²) < 4.78 is 27.2. The molecule has 166 valence electrons. The zero-order valence-electron chi connectivity index (χ0n) is 17.9. The minimum Gasteiger partial charge on any atom is -0.353 e. The van der Waals surface area contributed by atoms with Crippen molar-refractivity contribution in [1.29, 1.82) is 0 Å². The van der Waals surface area contributed by atoms with E-state index >= 15 is 0 Å². The molecule has 0 bridgehead atoms. The van der Waals surface area contributed by atoms with E-state index in [0.29, 0.717) is 32.0 Å². The van der Waals surface area contributed by atoms with Crippen molar-refractivity contribution in [3.8, 4) is 11.4 Å². The van der Waals surface area contributed by atoms with Crippen LogP contribution in [0.2, 0.25) is 0 Å². The molecule has 4 aromatic rings. The van der Waals surface area contributed by atoms with Gasteiger partial charge in [-0.2, -0.15) is 4.31 Å². The van der Waals surface area contributed by atoms with E-state index < -0.39 is 10.0 Å². The fourth-order valence-corrected chi connectivity index (χ4v) is 5.07. The van der Waals surface area contributed by atoms with Crippen LogP contribution in [0.4, 0.5) is 5.82 Å². The van der Waals surface area contributed by atoms with Gasteiger partial charge in [0.05, 0.1) is 5.52 Å². The standard InChI is InChI=1S/C25H23N5O2S/c31-33(32,18-12-20-7-2-1-3-8-20)30-16-14-29(15-17-30)25-22-10-4-5-11-23(22)27-24(28-25)21-9-6-13-26-19-21/h1-13,18-19H,14-17H2/b18-12+. The Labute approximate surface area is 193 Å². The second kappa shape index (κ2) is 9.09. The van der Waals surface area contributed by atoms with Crippen molar-refractivity contribution in [3.63, 3.8) is 0 Å². The highest BCUT2D eigenvalue weighted by atomic mass is 32.2. The minimum absolute atomic E-state index is 0.391. The molecule has 1 fully saturated rings. The van der Waals surface area contributed by atoms with Gasteiger partial charge in [0.2, 0.25) is 10.0 Å². The largest absolute Gasteiger partial charge is 0.353 e. The summed E-state index contributed by atoms with van der Waals surface area (Å²) in [6.45, 7) is 1.88. The number of aromatic nitrogens is 3. The Morgan fingerprint density at radius 2 is 1.58 bits per heavy atom. The maximum absolute atomic E-state index is 12.8.